The Bertz CT molecular complexity index is 1890. The molecule has 4 heterocycles. The van der Waals surface area contributed by atoms with Crippen molar-refractivity contribution in [3.05, 3.63) is 126 Å². The van der Waals surface area contributed by atoms with Gasteiger partial charge < -0.3 is 23.9 Å². The van der Waals surface area contributed by atoms with Gasteiger partial charge in [0.15, 0.2) is 5.82 Å². The Labute approximate surface area is 253 Å². The van der Waals surface area contributed by atoms with Gasteiger partial charge in [-0.2, -0.15) is 0 Å². The van der Waals surface area contributed by atoms with E-state index in [-0.39, 0.29) is 0 Å². The monoisotopic (exact) mass is 587 g/mol. The third-order valence-corrected chi connectivity index (χ3v) is 7.92. The zero-order valence-corrected chi connectivity index (χ0v) is 24.2. The number of aromatic nitrogens is 4. The smallest absolute Gasteiger partial charge is 0.340 e. The number of hydrogen-bond acceptors (Lipinski definition) is 6. The van der Waals surface area contributed by atoms with Crippen LogP contribution in [0.5, 0.6) is 0 Å². The maximum Gasteiger partial charge on any atom is 0.340 e. The summed E-state index contributed by atoms with van der Waals surface area (Å²) in [6.07, 6.45) is 3.41. The highest BCUT2D eigenvalue weighted by atomic mass is 19.1. The van der Waals surface area contributed by atoms with Crippen molar-refractivity contribution in [2.75, 3.05) is 18.6 Å². The van der Waals surface area contributed by atoms with Crippen molar-refractivity contribution in [3.8, 4) is 22.5 Å². The fraction of sp³-hybridized carbons (Fsp3) is 0.171. The van der Waals surface area contributed by atoms with Crippen LogP contribution >= 0.6 is 0 Å². The van der Waals surface area contributed by atoms with Gasteiger partial charge in [-0.25, -0.2) is 19.2 Å². The summed E-state index contributed by atoms with van der Waals surface area (Å²) in [6, 6.07) is 27.3. The van der Waals surface area contributed by atoms with Crippen molar-refractivity contribution in [2.45, 2.75) is 26.2 Å². The maximum atomic E-state index is 16.3. The van der Waals surface area contributed by atoms with Crippen LogP contribution in [0.2, 0.25) is 0 Å². The van der Waals surface area contributed by atoms with Gasteiger partial charge in [0, 0.05) is 54.2 Å². The van der Waals surface area contributed by atoms with Crippen LogP contribution in [0.25, 0.3) is 33.4 Å². The fourth-order valence-corrected chi connectivity index (χ4v) is 5.73. The number of fused-ring (bicyclic) bond motifs is 2. The first-order valence-electron chi connectivity index (χ1n) is 14.4. The molecule has 1 N–H and O–H groups in total. The first-order valence-corrected chi connectivity index (χ1v) is 14.4. The van der Waals surface area contributed by atoms with Gasteiger partial charge >= 0.3 is 5.97 Å². The van der Waals surface area contributed by atoms with Crippen LogP contribution in [0.15, 0.2) is 97.3 Å². The van der Waals surface area contributed by atoms with E-state index in [2.05, 4.69) is 39.1 Å². The molecule has 1 aliphatic rings. The SMILES string of the molecule is COC(=O)c1cnc(N(Cc2ccccc2)Cc2ccccc2)c2[nH]c(-c3cccc(-c4cn5c(n4)COCC5)c3F)cc12. The third-order valence-electron chi connectivity index (χ3n) is 7.92. The van der Waals surface area contributed by atoms with Crippen LogP contribution in [-0.2, 0) is 35.7 Å². The number of ether oxygens (including phenoxy) is 2. The maximum absolute atomic E-state index is 16.3. The van der Waals surface area contributed by atoms with Gasteiger partial charge in [0.25, 0.3) is 0 Å². The second kappa shape index (κ2) is 11.8. The number of anilines is 1. The van der Waals surface area contributed by atoms with Gasteiger partial charge in [-0.15, -0.1) is 0 Å². The van der Waals surface area contributed by atoms with Crippen molar-refractivity contribution >= 4 is 22.7 Å². The Morgan fingerprint density at radius 2 is 1.70 bits per heavy atom. The summed E-state index contributed by atoms with van der Waals surface area (Å²) >= 11 is 0. The molecule has 6 aromatic rings. The molecular weight excluding hydrogens is 557 g/mol. The number of carbonyl (C=O) groups is 1. The molecule has 7 rings (SSSR count). The Morgan fingerprint density at radius 1 is 1.00 bits per heavy atom. The predicted octanol–water partition coefficient (Wildman–Crippen LogP) is 6.76. The van der Waals surface area contributed by atoms with Gasteiger partial charge in [0.1, 0.15) is 18.2 Å². The number of benzene rings is 3. The number of hydrogen-bond donors (Lipinski definition) is 1. The van der Waals surface area contributed by atoms with Crippen molar-refractivity contribution in [1.29, 1.82) is 0 Å². The number of esters is 1. The molecule has 1 aliphatic heterocycles. The summed E-state index contributed by atoms with van der Waals surface area (Å²) < 4.78 is 28.9. The summed E-state index contributed by atoms with van der Waals surface area (Å²) in [7, 11) is 1.34. The van der Waals surface area contributed by atoms with Crippen molar-refractivity contribution in [3.63, 3.8) is 0 Å². The first kappa shape index (κ1) is 27.5. The Balaban J connectivity index is 1.36. The number of carbonyl (C=O) groups excluding carboxylic acids is 1. The summed E-state index contributed by atoms with van der Waals surface area (Å²) in [5.74, 6) is 0.495. The molecule has 0 saturated carbocycles. The van der Waals surface area contributed by atoms with Gasteiger partial charge in [-0.1, -0.05) is 66.7 Å². The van der Waals surface area contributed by atoms with Gasteiger partial charge in [0.05, 0.1) is 30.5 Å². The number of methoxy groups -OCH3 is 1. The fourth-order valence-electron chi connectivity index (χ4n) is 5.73. The molecule has 3 aromatic heterocycles. The van der Waals surface area contributed by atoms with Crippen molar-refractivity contribution in [2.24, 2.45) is 0 Å². The molecule has 0 atom stereocenters. The van der Waals surface area contributed by atoms with Crippen LogP contribution in [0.1, 0.15) is 27.3 Å². The lowest BCUT2D eigenvalue weighted by Crippen LogP contribution is -2.24. The number of nitrogens with zero attached hydrogens (tertiary/aromatic N) is 4. The lowest BCUT2D eigenvalue weighted by molar-refractivity contribution is 0.0602. The van der Waals surface area contributed by atoms with Crippen LogP contribution in [0.4, 0.5) is 10.2 Å². The van der Waals surface area contributed by atoms with Crippen LogP contribution in [-0.4, -0.2) is 39.2 Å². The summed E-state index contributed by atoms with van der Waals surface area (Å²) in [5.41, 5.74) is 4.95. The van der Waals surface area contributed by atoms with Gasteiger partial charge in [-0.3, -0.25) is 0 Å². The molecule has 0 bridgehead atoms. The standard InChI is InChI=1S/C35H30FN5O3/c1-43-35(42)28-18-37-34(41(19-23-9-4-2-5-10-23)20-24-11-6-3-7-12-24)33-27(28)17-29(39-33)25-13-8-14-26(32(25)36)30-21-40-15-16-44-22-31(40)38-30/h2-14,17-18,21,39H,15-16,19-20,22H2,1H3. The highest BCUT2D eigenvalue weighted by Gasteiger charge is 2.24. The average Bonchev–Trinajstić information content (AvgIpc) is 3.70. The zero-order chi connectivity index (χ0) is 30.0. The summed E-state index contributed by atoms with van der Waals surface area (Å²) in [5, 5.41) is 0.599. The summed E-state index contributed by atoms with van der Waals surface area (Å²) in [6.45, 7) is 2.83. The number of rotatable bonds is 8. The minimum Gasteiger partial charge on any atom is -0.465 e. The molecular formula is C35H30FN5O3. The van der Waals surface area contributed by atoms with Gasteiger partial charge in [0.2, 0.25) is 0 Å². The molecule has 0 spiro atoms. The molecule has 0 radical (unpaired) electrons. The van der Waals surface area contributed by atoms with Crippen LogP contribution in [0.3, 0.4) is 0 Å². The lowest BCUT2D eigenvalue weighted by Gasteiger charge is -2.25. The molecule has 0 fully saturated rings. The molecule has 8 nitrogen and oxygen atoms in total. The molecule has 0 unspecified atom stereocenters. The van der Waals surface area contributed by atoms with Crippen molar-refractivity contribution < 1.29 is 18.7 Å². The Hall–Kier alpha value is -5.28. The highest BCUT2D eigenvalue weighted by molar-refractivity contribution is 6.07. The van der Waals surface area contributed by atoms with E-state index in [4.69, 9.17) is 14.5 Å². The van der Waals surface area contributed by atoms with Crippen LogP contribution < -0.4 is 4.90 Å². The third kappa shape index (κ3) is 5.22. The van der Waals surface area contributed by atoms with E-state index >= 15 is 4.39 Å². The number of aromatic amines is 1. The number of halogens is 1. The number of nitrogens with one attached hydrogen (secondary N) is 1. The topological polar surface area (TPSA) is 85.3 Å². The second-order valence-corrected chi connectivity index (χ2v) is 10.7. The molecule has 0 aliphatic carbocycles. The Kier molecular flexibility index (Phi) is 7.37. The Morgan fingerprint density at radius 3 is 2.39 bits per heavy atom. The number of imidazole rings is 1. The lowest BCUT2D eigenvalue weighted by atomic mass is 10.0. The van der Waals surface area contributed by atoms with E-state index < -0.39 is 11.8 Å². The molecule has 220 valence electrons. The number of pyridine rings is 1. The van der Waals surface area contributed by atoms with Crippen molar-refractivity contribution in [1.82, 2.24) is 19.5 Å². The average molecular weight is 588 g/mol. The van der Waals surface area contributed by atoms with E-state index in [1.807, 2.05) is 53.2 Å². The minimum absolute atomic E-state index is 0.298. The second-order valence-electron chi connectivity index (χ2n) is 10.7. The molecule has 9 heteroatoms. The van der Waals surface area contributed by atoms with E-state index in [9.17, 15) is 4.79 Å². The minimum atomic E-state index is -0.516. The summed E-state index contributed by atoms with van der Waals surface area (Å²) in [4.78, 5) is 27.8. The quantitative estimate of drug-likeness (QED) is 0.198. The zero-order valence-electron chi connectivity index (χ0n) is 24.2. The van der Waals surface area contributed by atoms with Gasteiger partial charge in [-0.05, 0) is 29.3 Å². The van der Waals surface area contributed by atoms with Crippen LogP contribution in [0, 0.1) is 5.82 Å². The first-order chi connectivity index (χ1) is 21.6. The highest BCUT2D eigenvalue weighted by Crippen LogP contribution is 2.36. The largest absolute Gasteiger partial charge is 0.465 e. The molecule has 0 saturated heterocycles. The normalized spacial score (nSPS) is 12.7. The molecule has 3 aromatic carbocycles. The van der Waals surface area contributed by atoms with E-state index in [0.29, 0.717) is 77.6 Å². The van der Waals surface area contributed by atoms with E-state index in [0.717, 1.165) is 17.0 Å². The predicted molar refractivity (Wildman–Crippen MR) is 166 cm³/mol. The van der Waals surface area contributed by atoms with E-state index in [1.54, 1.807) is 18.2 Å². The number of H-pyrrole nitrogens is 1. The molecule has 0 amide bonds. The van der Waals surface area contributed by atoms with E-state index in [1.165, 1.54) is 13.3 Å². The molecule has 44 heavy (non-hydrogen) atoms.